The number of amides is 1. The van der Waals surface area contributed by atoms with Gasteiger partial charge in [-0.2, -0.15) is 0 Å². The van der Waals surface area contributed by atoms with Crippen LogP contribution in [0.2, 0.25) is 0 Å². The summed E-state index contributed by atoms with van der Waals surface area (Å²) in [6, 6.07) is 11.2. The molecule has 1 aromatic carbocycles. The Morgan fingerprint density at radius 1 is 1.25 bits per heavy atom. The summed E-state index contributed by atoms with van der Waals surface area (Å²) in [4.78, 5) is 14.2. The highest BCUT2D eigenvalue weighted by molar-refractivity contribution is 5.92. The first-order chi connectivity index (χ1) is 11.6. The summed E-state index contributed by atoms with van der Waals surface area (Å²) in [6.45, 7) is 0.589. The van der Waals surface area contributed by atoms with E-state index in [2.05, 4.69) is 0 Å². The first-order valence-electron chi connectivity index (χ1n) is 8.29. The van der Waals surface area contributed by atoms with Gasteiger partial charge in [0.2, 0.25) is 0 Å². The summed E-state index contributed by atoms with van der Waals surface area (Å²) in [5, 5.41) is 10.5. The molecule has 128 valence electrons. The molecule has 1 heterocycles. The molecule has 2 aromatic rings. The van der Waals surface area contributed by atoms with Crippen LogP contribution < -0.4 is 4.74 Å². The van der Waals surface area contributed by atoms with Crippen LogP contribution in [0.15, 0.2) is 47.1 Å². The Labute approximate surface area is 141 Å². The molecule has 1 aliphatic rings. The Balaban J connectivity index is 1.64. The van der Waals surface area contributed by atoms with Crippen molar-refractivity contribution in [2.75, 3.05) is 13.6 Å². The van der Waals surface area contributed by atoms with Gasteiger partial charge in [-0.05, 0) is 31.0 Å². The van der Waals surface area contributed by atoms with E-state index in [-0.39, 0.29) is 18.3 Å². The number of hydrogen-bond acceptors (Lipinski definition) is 4. The monoisotopic (exact) mass is 329 g/mol. The number of carbonyl (C=O) groups is 1. The lowest BCUT2D eigenvalue weighted by atomic mass is 10.0. The van der Waals surface area contributed by atoms with Gasteiger partial charge in [-0.25, -0.2) is 0 Å². The first kappa shape index (κ1) is 16.6. The summed E-state index contributed by atoms with van der Waals surface area (Å²) in [5.41, 5.74) is -0.0633. The predicted molar refractivity (Wildman–Crippen MR) is 89.9 cm³/mol. The molecule has 0 spiro atoms. The molecule has 24 heavy (non-hydrogen) atoms. The maximum atomic E-state index is 12.6. The van der Waals surface area contributed by atoms with Gasteiger partial charge in [-0.3, -0.25) is 4.79 Å². The number of benzene rings is 1. The van der Waals surface area contributed by atoms with Crippen molar-refractivity contribution in [2.24, 2.45) is 0 Å². The average molecular weight is 329 g/mol. The molecule has 5 nitrogen and oxygen atoms in total. The topological polar surface area (TPSA) is 62.9 Å². The maximum absolute atomic E-state index is 12.6. The molecule has 1 saturated carbocycles. The van der Waals surface area contributed by atoms with Crippen molar-refractivity contribution in [3.8, 4) is 5.75 Å². The Morgan fingerprint density at radius 3 is 2.67 bits per heavy atom. The number of rotatable bonds is 6. The second-order valence-electron chi connectivity index (χ2n) is 6.47. The van der Waals surface area contributed by atoms with Crippen molar-refractivity contribution < 1.29 is 19.1 Å². The lowest BCUT2D eigenvalue weighted by Crippen LogP contribution is -2.42. The van der Waals surface area contributed by atoms with Gasteiger partial charge < -0.3 is 19.2 Å². The van der Waals surface area contributed by atoms with Crippen LogP contribution >= 0.6 is 0 Å². The van der Waals surface area contributed by atoms with Gasteiger partial charge in [-0.1, -0.05) is 31.0 Å². The van der Waals surface area contributed by atoms with Crippen molar-refractivity contribution in [1.82, 2.24) is 4.90 Å². The smallest absolute Gasteiger partial charge is 0.289 e. The van der Waals surface area contributed by atoms with E-state index >= 15 is 0 Å². The summed E-state index contributed by atoms with van der Waals surface area (Å²) >= 11 is 0. The molecule has 0 aliphatic heterocycles. The molecule has 1 N–H and O–H groups in total. The van der Waals surface area contributed by atoms with Gasteiger partial charge in [0.15, 0.2) is 5.76 Å². The molecule has 0 atom stereocenters. The normalized spacial score (nSPS) is 16.1. The maximum Gasteiger partial charge on any atom is 0.289 e. The summed E-state index contributed by atoms with van der Waals surface area (Å²) < 4.78 is 11.1. The van der Waals surface area contributed by atoms with E-state index in [1.165, 1.54) is 11.2 Å². The third-order valence-electron chi connectivity index (χ3n) is 4.49. The van der Waals surface area contributed by atoms with Crippen LogP contribution in [0, 0.1) is 0 Å². The van der Waals surface area contributed by atoms with Crippen LogP contribution in [-0.2, 0) is 6.61 Å². The fourth-order valence-corrected chi connectivity index (χ4v) is 3.19. The summed E-state index contributed by atoms with van der Waals surface area (Å²) in [7, 11) is 1.70. The van der Waals surface area contributed by atoms with E-state index in [0.717, 1.165) is 31.4 Å². The number of aliphatic hydroxyl groups is 1. The van der Waals surface area contributed by atoms with E-state index in [1.54, 1.807) is 13.1 Å². The van der Waals surface area contributed by atoms with E-state index in [0.29, 0.717) is 12.1 Å². The van der Waals surface area contributed by atoms with Gasteiger partial charge in [0.25, 0.3) is 5.91 Å². The number of nitrogens with zero attached hydrogens (tertiary/aromatic N) is 1. The van der Waals surface area contributed by atoms with Crippen LogP contribution in [0.1, 0.15) is 41.8 Å². The molecule has 1 amide bonds. The van der Waals surface area contributed by atoms with E-state index in [1.807, 2.05) is 30.3 Å². The quantitative estimate of drug-likeness (QED) is 0.884. The van der Waals surface area contributed by atoms with Crippen LogP contribution in [0.25, 0.3) is 0 Å². The van der Waals surface area contributed by atoms with Gasteiger partial charge >= 0.3 is 0 Å². The molecule has 1 fully saturated rings. The van der Waals surface area contributed by atoms with E-state index < -0.39 is 5.60 Å². The Bertz CT molecular complexity index is 674. The number of likely N-dealkylation sites (N-methyl/N-ethyl adjacent to an activating group) is 1. The molecule has 0 unspecified atom stereocenters. The zero-order valence-electron chi connectivity index (χ0n) is 13.9. The van der Waals surface area contributed by atoms with Crippen molar-refractivity contribution in [3.63, 3.8) is 0 Å². The highest BCUT2D eigenvalue weighted by Crippen LogP contribution is 2.30. The van der Waals surface area contributed by atoms with Crippen molar-refractivity contribution in [3.05, 3.63) is 54.0 Å². The van der Waals surface area contributed by atoms with Crippen LogP contribution in [0.3, 0.4) is 0 Å². The van der Waals surface area contributed by atoms with E-state index in [9.17, 15) is 9.90 Å². The lowest BCUT2D eigenvalue weighted by Gasteiger charge is -2.28. The second-order valence-corrected chi connectivity index (χ2v) is 6.47. The summed E-state index contributed by atoms with van der Waals surface area (Å²) in [5.74, 6) is 0.785. The average Bonchev–Trinajstić information content (AvgIpc) is 3.22. The molecule has 0 saturated heterocycles. The minimum atomic E-state index is -0.766. The Kier molecular flexibility index (Phi) is 4.90. The van der Waals surface area contributed by atoms with Crippen molar-refractivity contribution in [2.45, 2.75) is 37.9 Å². The predicted octanol–water partition coefficient (Wildman–Crippen LogP) is 3.24. The zero-order chi connectivity index (χ0) is 17.0. The molecule has 0 bridgehead atoms. The minimum absolute atomic E-state index is 0.230. The molecular weight excluding hydrogens is 306 g/mol. The molecule has 1 aliphatic carbocycles. The SMILES string of the molecule is CN(CC1(O)CCCC1)C(=O)c1occc1COc1ccccc1. The van der Waals surface area contributed by atoms with E-state index in [4.69, 9.17) is 9.15 Å². The zero-order valence-corrected chi connectivity index (χ0v) is 13.9. The number of furan rings is 1. The Morgan fingerprint density at radius 2 is 1.96 bits per heavy atom. The highest BCUT2D eigenvalue weighted by atomic mass is 16.5. The molecular formula is C19H23NO4. The second kappa shape index (κ2) is 7.09. The third-order valence-corrected chi connectivity index (χ3v) is 4.49. The Hall–Kier alpha value is -2.27. The van der Waals surface area contributed by atoms with Crippen molar-refractivity contribution in [1.29, 1.82) is 0 Å². The highest BCUT2D eigenvalue weighted by Gasteiger charge is 2.34. The van der Waals surface area contributed by atoms with Crippen LogP contribution in [-0.4, -0.2) is 35.1 Å². The summed E-state index contributed by atoms with van der Waals surface area (Å²) in [6.07, 6.45) is 5.00. The number of carbonyl (C=O) groups excluding carboxylic acids is 1. The first-order valence-corrected chi connectivity index (χ1v) is 8.29. The number of ether oxygens (including phenoxy) is 1. The molecule has 3 rings (SSSR count). The van der Waals surface area contributed by atoms with Gasteiger partial charge in [0, 0.05) is 19.2 Å². The van der Waals surface area contributed by atoms with Crippen LogP contribution in [0.4, 0.5) is 0 Å². The van der Waals surface area contributed by atoms with Crippen molar-refractivity contribution >= 4 is 5.91 Å². The fraction of sp³-hybridized carbons (Fsp3) is 0.421. The molecule has 5 heteroatoms. The molecule has 0 radical (unpaired) electrons. The molecule has 1 aromatic heterocycles. The standard InChI is InChI=1S/C19H23NO4/c1-20(14-19(22)10-5-6-11-19)18(21)17-15(9-12-23-17)13-24-16-7-3-2-4-8-16/h2-4,7-9,12,22H,5-6,10-11,13-14H2,1H3. The number of para-hydroxylation sites is 1. The number of hydrogen-bond donors (Lipinski definition) is 1. The fourth-order valence-electron chi connectivity index (χ4n) is 3.19. The minimum Gasteiger partial charge on any atom is -0.489 e. The lowest BCUT2D eigenvalue weighted by molar-refractivity contribution is 0.0145. The van der Waals surface area contributed by atoms with Gasteiger partial charge in [0.05, 0.1) is 11.9 Å². The van der Waals surface area contributed by atoms with Gasteiger partial charge in [-0.15, -0.1) is 0 Å². The third kappa shape index (κ3) is 3.79. The van der Waals surface area contributed by atoms with Gasteiger partial charge in [0.1, 0.15) is 12.4 Å². The largest absolute Gasteiger partial charge is 0.489 e. The van der Waals surface area contributed by atoms with Crippen LogP contribution in [0.5, 0.6) is 5.75 Å².